The zero-order chi connectivity index (χ0) is 15.8. The number of rotatable bonds is 7. The molecular formula is C18H20ClNO2. The number of carbonyl (C=O) groups is 1. The summed E-state index contributed by atoms with van der Waals surface area (Å²) >= 11 is 6.36. The zero-order valence-electron chi connectivity index (χ0n) is 12.4. The Bertz CT molecular complexity index is 574. The van der Waals surface area contributed by atoms with Crippen molar-refractivity contribution in [1.82, 2.24) is 4.90 Å². The molecule has 1 N–H and O–H groups in total. The smallest absolute Gasteiger partial charge is 0.407 e. The van der Waals surface area contributed by atoms with Gasteiger partial charge in [-0.25, -0.2) is 4.79 Å². The third-order valence-corrected chi connectivity index (χ3v) is 4.00. The van der Waals surface area contributed by atoms with Gasteiger partial charge < -0.3 is 10.0 Å². The van der Waals surface area contributed by atoms with Crippen molar-refractivity contribution in [3.8, 4) is 0 Å². The largest absolute Gasteiger partial charge is 0.465 e. The molecule has 116 valence electrons. The maximum atomic E-state index is 11.3. The van der Waals surface area contributed by atoms with E-state index < -0.39 is 6.09 Å². The first-order valence-corrected chi connectivity index (χ1v) is 7.81. The van der Waals surface area contributed by atoms with Gasteiger partial charge in [0.2, 0.25) is 0 Å². The summed E-state index contributed by atoms with van der Waals surface area (Å²) in [6.07, 6.45) is 0.599. The molecule has 22 heavy (non-hydrogen) atoms. The molecule has 0 heterocycles. The van der Waals surface area contributed by atoms with Crippen molar-refractivity contribution in [1.29, 1.82) is 0 Å². The number of hydrogen-bond acceptors (Lipinski definition) is 1. The van der Waals surface area contributed by atoms with Crippen LogP contribution in [-0.2, 0) is 6.54 Å². The summed E-state index contributed by atoms with van der Waals surface area (Å²) in [6, 6.07) is 19.5. The minimum Gasteiger partial charge on any atom is -0.465 e. The predicted octanol–water partition coefficient (Wildman–Crippen LogP) is 4.93. The molecule has 0 bridgehead atoms. The van der Waals surface area contributed by atoms with E-state index in [1.807, 2.05) is 60.7 Å². The Morgan fingerprint density at radius 2 is 1.64 bits per heavy atom. The summed E-state index contributed by atoms with van der Waals surface area (Å²) in [7, 11) is 0. The van der Waals surface area contributed by atoms with Crippen LogP contribution in [0, 0.1) is 0 Å². The molecule has 0 spiro atoms. The van der Waals surface area contributed by atoms with Gasteiger partial charge in [0, 0.05) is 13.1 Å². The van der Waals surface area contributed by atoms with Crippen LogP contribution in [0.5, 0.6) is 0 Å². The van der Waals surface area contributed by atoms with Crippen molar-refractivity contribution in [3.63, 3.8) is 0 Å². The van der Waals surface area contributed by atoms with E-state index >= 15 is 0 Å². The molecule has 0 aliphatic heterocycles. The molecule has 1 atom stereocenters. The van der Waals surface area contributed by atoms with Crippen LogP contribution in [0.2, 0.25) is 0 Å². The molecule has 0 aliphatic carbocycles. The lowest BCUT2D eigenvalue weighted by Gasteiger charge is -2.20. The molecule has 0 aromatic heterocycles. The van der Waals surface area contributed by atoms with Gasteiger partial charge in [-0.1, -0.05) is 60.7 Å². The topological polar surface area (TPSA) is 40.5 Å². The minimum atomic E-state index is -0.894. The third-order valence-electron chi connectivity index (χ3n) is 3.53. The molecule has 3 nitrogen and oxygen atoms in total. The maximum absolute atomic E-state index is 11.3. The molecule has 1 amide bonds. The molecule has 2 aromatic carbocycles. The Balaban J connectivity index is 1.83. The van der Waals surface area contributed by atoms with E-state index in [1.165, 1.54) is 4.90 Å². The van der Waals surface area contributed by atoms with E-state index in [0.29, 0.717) is 13.1 Å². The molecule has 0 fully saturated rings. The van der Waals surface area contributed by atoms with Crippen LogP contribution < -0.4 is 0 Å². The number of benzene rings is 2. The molecule has 0 radical (unpaired) electrons. The molecule has 0 saturated carbocycles. The summed E-state index contributed by atoms with van der Waals surface area (Å²) in [5, 5.41) is 9.23. The number of alkyl halides is 1. The third kappa shape index (κ3) is 5.08. The van der Waals surface area contributed by atoms with Gasteiger partial charge in [-0.2, -0.15) is 0 Å². The van der Waals surface area contributed by atoms with Crippen LogP contribution in [0.1, 0.15) is 29.3 Å². The lowest BCUT2D eigenvalue weighted by molar-refractivity contribution is 0.141. The van der Waals surface area contributed by atoms with E-state index in [2.05, 4.69) is 0 Å². The molecule has 4 heteroatoms. The first kappa shape index (κ1) is 16.4. The highest BCUT2D eigenvalue weighted by Crippen LogP contribution is 2.25. The Labute approximate surface area is 136 Å². The van der Waals surface area contributed by atoms with Crippen molar-refractivity contribution < 1.29 is 9.90 Å². The Hall–Kier alpha value is -2.00. The highest BCUT2D eigenvalue weighted by molar-refractivity contribution is 6.20. The van der Waals surface area contributed by atoms with Gasteiger partial charge in [0.05, 0.1) is 5.38 Å². The van der Waals surface area contributed by atoms with Crippen LogP contribution in [0.25, 0.3) is 0 Å². The van der Waals surface area contributed by atoms with E-state index in [1.54, 1.807) is 0 Å². The Morgan fingerprint density at radius 1 is 1.05 bits per heavy atom. The Kier molecular flexibility index (Phi) is 6.28. The summed E-state index contributed by atoms with van der Waals surface area (Å²) in [5.74, 6) is 0. The molecule has 0 aliphatic rings. The van der Waals surface area contributed by atoms with Gasteiger partial charge in [-0.3, -0.25) is 0 Å². The molecular weight excluding hydrogens is 298 g/mol. The monoisotopic (exact) mass is 317 g/mol. The molecule has 2 aromatic rings. The number of amides is 1. The first-order chi connectivity index (χ1) is 10.7. The quantitative estimate of drug-likeness (QED) is 0.736. The van der Waals surface area contributed by atoms with E-state index in [9.17, 15) is 9.90 Å². The van der Waals surface area contributed by atoms with Gasteiger partial charge in [0.15, 0.2) is 0 Å². The molecule has 1 unspecified atom stereocenters. The predicted molar refractivity (Wildman–Crippen MR) is 89.1 cm³/mol. The standard InChI is InChI=1S/C18H20ClNO2/c19-17(16-10-5-2-6-11-16)12-7-13-20(18(21)22)14-15-8-3-1-4-9-15/h1-6,8-11,17H,7,12-14H2,(H,21,22). The van der Waals surface area contributed by atoms with Crippen molar-refractivity contribution >= 4 is 17.7 Å². The highest BCUT2D eigenvalue weighted by atomic mass is 35.5. The normalized spacial score (nSPS) is 11.9. The second kappa shape index (κ2) is 8.44. The summed E-state index contributed by atoms with van der Waals surface area (Å²) in [6.45, 7) is 0.898. The molecule has 0 saturated heterocycles. The van der Waals surface area contributed by atoms with Gasteiger partial charge in [-0.15, -0.1) is 11.6 Å². The fraction of sp³-hybridized carbons (Fsp3) is 0.278. The second-order valence-corrected chi connectivity index (χ2v) is 5.74. The Morgan fingerprint density at radius 3 is 2.23 bits per heavy atom. The minimum absolute atomic E-state index is 0.0754. The summed E-state index contributed by atoms with van der Waals surface area (Å²) < 4.78 is 0. The van der Waals surface area contributed by atoms with E-state index in [4.69, 9.17) is 11.6 Å². The van der Waals surface area contributed by atoms with Gasteiger partial charge in [0.1, 0.15) is 0 Å². The van der Waals surface area contributed by atoms with Crippen LogP contribution >= 0.6 is 11.6 Å². The van der Waals surface area contributed by atoms with Crippen molar-refractivity contribution in [3.05, 3.63) is 71.8 Å². The zero-order valence-corrected chi connectivity index (χ0v) is 13.1. The van der Waals surface area contributed by atoms with Crippen LogP contribution in [-0.4, -0.2) is 22.6 Å². The first-order valence-electron chi connectivity index (χ1n) is 7.37. The highest BCUT2D eigenvalue weighted by Gasteiger charge is 2.13. The van der Waals surface area contributed by atoms with Crippen molar-refractivity contribution in [2.24, 2.45) is 0 Å². The van der Waals surface area contributed by atoms with E-state index in [-0.39, 0.29) is 5.38 Å². The van der Waals surface area contributed by atoms with Gasteiger partial charge in [-0.05, 0) is 24.0 Å². The summed E-state index contributed by atoms with van der Waals surface area (Å²) in [4.78, 5) is 12.8. The van der Waals surface area contributed by atoms with Crippen molar-refractivity contribution in [2.75, 3.05) is 6.54 Å². The fourth-order valence-electron chi connectivity index (χ4n) is 2.34. The van der Waals surface area contributed by atoms with E-state index in [0.717, 1.165) is 24.0 Å². The number of hydrogen-bond donors (Lipinski definition) is 1. The second-order valence-electron chi connectivity index (χ2n) is 5.21. The van der Waals surface area contributed by atoms with Crippen molar-refractivity contribution in [2.45, 2.75) is 24.8 Å². The lowest BCUT2D eigenvalue weighted by atomic mass is 10.1. The SMILES string of the molecule is O=C(O)N(CCCC(Cl)c1ccccc1)Cc1ccccc1. The fourth-order valence-corrected chi connectivity index (χ4v) is 2.64. The number of nitrogens with zero attached hydrogens (tertiary/aromatic N) is 1. The average Bonchev–Trinajstić information content (AvgIpc) is 2.55. The van der Waals surface area contributed by atoms with Gasteiger partial charge >= 0.3 is 6.09 Å². The molecule has 2 rings (SSSR count). The van der Waals surface area contributed by atoms with Crippen LogP contribution in [0.4, 0.5) is 4.79 Å². The van der Waals surface area contributed by atoms with Gasteiger partial charge in [0.25, 0.3) is 0 Å². The number of carboxylic acid groups (broad SMARTS) is 1. The average molecular weight is 318 g/mol. The number of halogens is 1. The lowest BCUT2D eigenvalue weighted by Crippen LogP contribution is -2.30. The van der Waals surface area contributed by atoms with Crippen LogP contribution in [0.3, 0.4) is 0 Å². The summed E-state index contributed by atoms with van der Waals surface area (Å²) in [5.41, 5.74) is 2.07. The van der Waals surface area contributed by atoms with Crippen LogP contribution in [0.15, 0.2) is 60.7 Å². The maximum Gasteiger partial charge on any atom is 0.407 e.